The highest BCUT2D eigenvalue weighted by molar-refractivity contribution is 7.99. The van der Waals surface area contributed by atoms with Crippen LogP contribution in [0.4, 0.5) is 13.2 Å². The van der Waals surface area contributed by atoms with Gasteiger partial charge in [-0.1, -0.05) is 18.6 Å². The Kier molecular flexibility index (Phi) is 10.2. The number of unbranched alkanes of at least 4 members (excludes halogenated alkanes) is 1. The molecule has 0 radical (unpaired) electrons. The van der Waals surface area contributed by atoms with E-state index in [-0.39, 0.29) is 34.8 Å². The van der Waals surface area contributed by atoms with Crippen molar-refractivity contribution >= 4 is 20.0 Å². The largest absolute Gasteiger partial charge is 0.694 e. The van der Waals surface area contributed by atoms with Gasteiger partial charge in [0.1, 0.15) is 24.1 Å². The van der Waals surface area contributed by atoms with Crippen molar-refractivity contribution in [1.29, 1.82) is 0 Å². The second-order valence-corrected chi connectivity index (χ2v) is 9.93. The highest BCUT2D eigenvalue weighted by Crippen LogP contribution is 2.37. The van der Waals surface area contributed by atoms with Gasteiger partial charge in [0.2, 0.25) is 0 Å². The van der Waals surface area contributed by atoms with E-state index in [4.69, 9.17) is 9.63 Å². The minimum atomic E-state index is -2.61. The van der Waals surface area contributed by atoms with E-state index >= 15 is 0 Å². The molecule has 0 aliphatic carbocycles. The molecule has 1 unspecified atom stereocenters. The predicted octanol–water partition coefficient (Wildman–Crippen LogP) is 5.48. The monoisotopic (exact) mass is 502 g/mol. The Morgan fingerprint density at radius 1 is 1.09 bits per heavy atom. The second-order valence-electron chi connectivity index (χ2n) is 8.06. The molecule has 1 heterocycles. The van der Waals surface area contributed by atoms with Crippen molar-refractivity contribution in [3.05, 3.63) is 65.0 Å². The third-order valence-electron chi connectivity index (χ3n) is 5.64. The van der Waals surface area contributed by atoms with E-state index in [0.717, 1.165) is 24.8 Å². The summed E-state index contributed by atoms with van der Waals surface area (Å²) in [7, 11) is -2.61. The molecule has 3 rings (SSSR count). The Hall–Kier alpha value is -1.48. The van der Waals surface area contributed by atoms with Crippen LogP contribution in [0.25, 0.3) is 0 Å². The molecule has 1 saturated heterocycles. The zero-order valence-electron chi connectivity index (χ0n) is 18.2. The lowest BCUT2D eigenvalue weighted by Crippen LogP contribution is -2.46. The summed E-state index contributed by atoms with van der Waals surface area (Å²) in [5.74, 6) is -0.508. The van der Waals surface area contributed by atoms with E-state index in [2.05, 4.69) is 9.84 Å². The van der Waals surface area contributed by atoms with E-state index < -0.39 is 19.9 Å². The topological polar surface area (TPSA) is 67.8 Å². The third kappa shape index (κ3) is 7.77. The van der Waals surface area contributed by atoms with Crippen molar-refractivity contribution in [2.45, 2.75) is 42.5 Å². The number of hydrogen-bond acceptors (Lipinski definition) is 5. The fourth-order valence-corrected chi connectivity index (χ4v) is 4.97. The molecule has 0 bridgehead atoms. The van der Waals surface area contributed by atoms with Gasteiger partial charge >= 0.3 is 8.25 Å². The van der Waals surface area contributed by atoms with Gasteiger partial charge in [0, 0.05) is 27.0 Å². The second kappa shape index (κ2) is 12.8. The predicted molar refractivity (Wildman–Crippen MR) is 122 cm³/mol. The lowest BCUT2D eigenvalue weighted by atomic mass is 9.75. The van der Waals surface area contributed by atoms with Gasteiger partial charge in [-0.3, -0.25) is 0 Å². The maximum Gasteiger partial charge on any atom is 0.694 e. The molecule has 1 aliphatic heterocycles. The van der Waals surface area contributed by atoms with E-state index in [0.29, 0.717) is 31.9 Å². The van der Waals surface area contributed by atoms with Gasteiger partial charge in [-0.05, 0) is 61.4 Å². The van der Waals surface area contributed by atoms with Gasteiger partial charge in [0.15, 0.2) is 0 Å². The fraction of sp³-hybridized carbons (Fsp3) is 0.478. The lowest BCUT2D eigenvalue weighted by molar-refractivity contribution is -0.0652. The molecule has 2 aromatic carbocycles. The van der Waals surface area contributed by atoms with Crippen molar-refractivity contribution in [3.8, 4) is 0 Å². The summed E-state index contributed by atoms with van der Waals surface area (Å²) < 4.78 is 62.3. The molecule has 0 amide bonds. The first-order valence-corrected chi connectivity index (χ1v) is 13.0. The first-order chi connectivity index (χ1) is 15.9. The summed E-state index contributed by atoms with van der Waals surface area (Å²) in [5, 5.41) is 2.96. The molecular weight excluding hydrogens is 474 g/mol. The molecule has 0 spiro atoms. The lowest BCUT2D eigenvalue weighted by Gasteiger charge is -2.42. The quantitative estimate of drug-likeness (QED) is 0.203. The first kappa shape index (κ1) is 26.1. The molecule has 1 aliphatic rings. The minimum absolute atomic E-state index is 0.0772. The van der Waals surface area contributed by atoms with Crippen molar-refractivity contribution in [3.63, 3.8) is 0 Å². The highest BCUT2D eigenvalue weighted by Gasteiger charge is 2.39. The SMILES string of the molecule is O=[P+](O)OCCCNCc1cc(F)c(SCCCCC2(c3ccc(F)cc3)COC2)cc1F. The van der Waals surface area contributed by atoms with Gasteiger partial charge in [0.25, 0.3) is 0 Å². The van der Waals surface area contributed by atoms with Crippen LogP contribution in [0.15, 0.2) is 41.3 Å². The average Bonchev–Trinajstić information content (AvgIpc) is 2.75. The molecule has 2 aromatic rings. The molecule has 1 fully saturated rings. The van der Waals surface area contributed by atoms with E-state index in [1.807, 2.05) is 12.1 Å². The van der Waals surface area contributed by atoms with Gasteiger partial charge in [-0.25, -0.2) is 13.2 Å². The van der Waals surface area contributed by atoms with Gasteiger partial charge < -0.3 is 10.1 Å². The van der Waals surface area contributed by atoms with Crippen LogP contribution in [0.3, 0.4) is 0 Å². The number of benzene rings is 2. The third-order valence-corrected chi connectivity index (χ3v) is 7.16. The van der Waals surface area contributed by atoms with Crippen molar-refractivity contribution in [2.75, 3.05) is 32.1 Å². The van der Waals surface area contributed by atoms with Gasteiger partial charge in [0.05, 0.1) is 13.2 Å². The fourth-order valence-electron chi connectivity index (χ4n) is 3.73. The Morgan fingerprint density at radius 3 is 2.52 bits per heavy atom. The number of thioether (sulfide) groups is 1. The van der Waals surface area contributed by atoms with Crippen LogP contribution in [0, 0.1) is 17.5 Å². The molecule has 180 valence electrons. The number of hydrogen-bond donors (Lipinski definition) is 2. The molecule has 5 nitrogen and oxygen atoms in total. The summed E-state index contributed by atoms with van der Waals surface area (Å²) in [6.45, 7) is 1.96. The zero-order chi connectivity index (χ0) is 23.7. The maximum absolute atomic E-state index is 14.4. The summed E-state index contributed by atoms with van der Waals surface area (Å²) in [4.78, 5) is 8.82. The number of rotatable bonds is 14. The van der Waals surface area contributed by atoms with E-state index in [1.54, 1.807) is 0 Å². The number of ether oxygens (including phenoxy) is 1. The van der Waals surface area contributed by atoms with E-state index in [9.17, 15) is 17.7 Å². The van der Waals surface area contributed by atoms with Crippen LogP contribution < -0.4 is 5.32 Å². The molecule has 0 saturated carbocycles. The Balaban J connectivity index is 1.40. The molecule has 1 atom stereocenters. The average molecular weight is 503 g/mol. The van der Waals surface area contributed by atoms with Crippen LogP contribution >= 0.6 is 20.0 Å². The molecule has 33 heavy (non-hydrogen) atoms. The molecule has 10 heteroatoms. The summed E-state index contributed by atoms with van der Waals surface area (Å²) in [6, 6.07) is 9.00. The Bertz CT molecular complexity index is 929. The van der Waals surface area contributed by atoms with Crippen molar-refractivity contribution in [2.24, 2.45) is 0 Å². The number of nitrogens with one attached hydrogen (secondary N) is 1. The minimum Gasteiger partial charge on any atom is -0.379 e. The molecule has 0 aromatic heterocycles. The summed E-state index contributed by atoms with van der Waals surface area (Å²) in [6.07, 6.45) is 3.14. The van der Waals surface area contributed by atoms with E-state index in [1.165, 1.54) is 36.0 Å². The van der Waals surface area contributed by atoms with Gasteiger partial charge in [-0.15, -0.1) is 21.2 Å². The summed E-state index contributed by atoms with van der Waals surface area (Å²) >= 11 is 1.30. The van der Waals surface area contributed by atoms with Crippen molar-refractivity contribution < 1.29 is 31.9 Å². The first-order valence-electron chi connectivity index (χ1n) is 10.8. The molecule has 2 N–H and O–H groups in total. The standard InChI is InChI=1S/C23H27F3NO4PS/c24-19-6-4-18(5-7-19)23(15-30-16-23)8-1-2-11-33-22-13-20(25)17(12-21(22)26)14-27-9-3-10-31-32(28)29/h4-7,12-13,27H,1-3,8-11,14-16H2/p+1. The van der Waals surface area contributed by atoms with Crippen LogP contribution in [-0.2, 0) is 25.8 Å². The zero-order valence-corrected chi connectivity index (χ0v) is 19.9. The number of halogens is 3. The smallest absolute Gasteiger partial charge is 0.379 e. The Labute approximate surface area is 197 Å². The normalized spacial score (nSPS) is 15.3. The maximum atomic E-state index is 14.4. The van der Waals surface area contributed by atoms with Crippen LogP contribution in [0.2, 0.25) is 0 Å². The summed E-state index contributed by atoms with van der Waals surface area (Å²) in [5.41, 5.74) is 1.24. The van der Waals surface area contributed by atoms with Crippen LogP contribution in [0.5, 0.6) is 0 Å². The highest BCUT2D eigenvalue weighted by atomic mass is 32.2. The molecular formula is C23H28F3NO4PS+. The van der Waals surface area contributed by atoms with Crippen molar-refractivity contribution in [1.82, 2.24) is 5.32 Å². The van der Waals surface area contributed by atoms with Crippen LogP contribution in [-0.4, -0.2) is 37.0 Å². The van der Waals surface area contributed by atoms with Gasteiger partial charge in [-0.2, -0.15) is 0 Å². The Morgan fingerprint density at radius 2 is 1.85 bits per heavy atom. The van der Waals surface area contributed by atoms with Crippen LogP contribution in [0.1, 0.15) is 36.8 Å².